The first kappa shape index (κ1) is 31.4. The number of aliphatic hydroxyl groups is 1. The molecule has 45 heavy (non-hydrogen) atoms. The molecule has 2 fully saturated rings. The van der Waals surface area contributed by atoms with Crippen LogP contribution in [0.1, 0.15) is 39.7 Å². The zero-order valence-corrected chi connectivity index (χ0v) is 27.5. The average molecular weight is 629 g/mol. The van der Waals surface area contributed by atoms with Crippen LogP contribution in [0.5, 0.6) is 0 Å². The third-order valence-corrected chi connectivity index (χ3v) is 12.0. The second-order valence-electron chi connectivity index (χ2n) is 12.6. The highest BCUT2D eigenvalue weighted by molar-refractivity contribution is 8.02. The summed E-state index contributed by atoms with van der Waals surface area (Å²) in [5.74, 6) is -1.86. The van der Waals surface area contributed by atoms with Gasteiger partial charge >= 0.3 is 0 Å². The van der Waals surface area contributed by atoms with Crippen LogP contribution < -0.4 is 9.80 Å². The van der Waals surface area contributed by atoms with Gasteiger partial charge in [-0.3, -0.25) is 14.4 Å². The minimum absolute atomic E-state index is 0.0688. The molecule has 4 heterocycles. The fourth-order valence-corrected chi connectivity index (χ4v) is 10.1. The van der Waals surface area contributed by atoms with Crippen molar-refractivity contribution in [3.05, 3.63) is 84.5 Å². The zero-order chi connectivity index (χ0) is 31.9. The van der Waals surface area contributed by atoms with Crippen molar-refractivity contribution in [1.29, 1.82) is 0 Å². The lowest BCUT2D eigenvalue weighted by atomic mass is 9.74. The molecule has 0 saturated carbocycles. The number of thioether (sulfide) groups is 1. The monoisotopic (exact) mass is 628 g/mol. The Balaban J connectivity index is 1.41. The third kappa shape index (κ3) is 5.08. The predicted octanol–water partition coefficient (Wildman–Crippen LogP) is 4.49. The molecule has 1 unspecified atom stereocenters. The van der Waals surface area contributed by atoms with E-state index < -0.39 is 33.4 Å². The van der Waals surface area contributed by atoms with E-state index in [0.717, 1.165) is 30.0 Å². The van der Waals surface area contributed by atoms with Crippen molar-refractivity contribution in [1.82, 2.24) is 9.80 Å². The van der Waals surface area contributed by atoms with Crippen molar-refractivity contribution in [2.24, 2.45) is 11.8 Å². The normalized spacial score (nSPS) is 29.8. The van der Waals surface area contributed by atoms with Crippen molar-refractivity contribution in [2.45, 2.75) is 62.2 Å². The topological polar surface area (TPSA) is 84.4 Å². The summed E-state index contributed by atoms with van der Waals surface area (Å²) in [6.45, 7) is 11.0. The summed E-state index contributed by atoms with van der Waals surface area (Å²) in [7, 11) is 0. The molecule has 2 aromatic rings. The maximum absolute atomic E-state index is 14.8. The number of likely N-dealkylation sites (tertiary alicyclic amines) is 1. The van der Waals surface area contributed by atoms with Crippen molar-refractivity contribution < 1.29 is 19.5 Å². The van der Waals surface area contributed by atoms with Gasteiger partial charge < -0.3 is 24.7 Å². The molecule has 1 spiro atoms. The molecule has 6 atom stereocenters. The first-order valence-corrected chi connectivity index (χ1v) is 17.0. The highest BCUT2D eigenvalue weighted by atomic mass is 32.2. The number of carbonyl (C=O) groups is 3. The molecule has 238 valence electrons. The van der Waals surface area contributed by atoms with Crippen molar-refractivity contribution in [3.63, 3.8) is 0 Å². The third-order valence-electron chi connectivity index (χ3n) is 10.2. The number of aliphatic hydroxyl groups excluding tert-OH is 1. The highest BCUT2D eigenvalue weighted by Crippen LogP contribution is 2.66. The summed E-state index contributed by atoms with van der Waals surface area (Å²) in [5.41, 5.74) is 2.88. The molecule has 4 aliphatic rings. The van der Waals surface area contributed by atoms with Crippen LogP contribution in [0.15, 0.2) is 78.9 Å². The smallest absolute Gasteiger partial charge is 0.251 e. The van der Waals surface area contributed by atoms with E-state index in [1.54, 1.807) is 21.6 Å². The standard InChI is InChI=1S/C36H44N4O4S/c1-5-26(24-41)40-31-34(44)39(28-17-15-27(16-18-28)37(6-2)7-3)22-12-20-36(31)30(33(40)43)29-32(42)38(21-11-19-35(29,4)45-36)23-25-13-9-8-10-14-25/h8-20,26,29-31,41H,5-7,21-24H2,1-4H3/t26-,29+,30-,31?,35-,36-/m0/s1. The van der Waals surface area contributed by atoms with Gasteiger partial charge in [0.15, 0.2) is 0 Å². The lowest BCUT2D eigenvalue weighted by molar-refractivity contribution is -0.145. The van der Waals surface area contributed by atoms with Crippen LogP contribution in [0.3, 0.4) is 0 Å². The predicted molar refractivity (Wildman–Crippen MR) is 180 cm³/mol. The van der Waals surface area contributed by atoms with E-state index in [1.165, 1.54) is 0 Å². The molecule has 4 aliphatic heterocycles. The number of hydrogen-bond donors (Lipinski definition) is 1. The van der Waals surface area contributed by atoms with Crippen LogP contribution in [0.25, 0.3) is 0 Å². The van der Waals surface area contributed by atoms with Gasteiger partial charge in [-0.05, 0) is 57.0 Å². The molecule has 0 radical (unpaired) electrons. The van der Waals surface area contributed by atoms with Crippen LogP contribution in [-0.4, -0.2) is 87.0 Å². The van der Waals surface area contributed by atoms with Gasteiger partial charge in [0.25, 0.3) is 5.91 Å². The molecule has 3 amide bonds. The van der Waals surface area contributed by atoms with Gasteiger partial charge in [-0.2, -0.15) is 0 Å². The van der Waals surface area contributed by atoms with Crippen LogP contribution in [0.4, 0.5) is 11.4 Å². The van der Waals surface area contributed by atoms with Gasteiger partial charge in [0.2, 0.25) is 11.8 Å². The first-order chi connectivity index (χ1) is 21.7. The summed E-state index contributed by atoms with van der Waals surface area (Å²) < 4.78 is -1.64. The SMILES string of the molecule is CC[C@@H](CO)N1C(=O)[C@@H]2[C@@H]3C(=O)N(Cc4ccccc4)CC=C[C@]3(C)S[C@@]23C=CCN(c2ccc(N(CC)CC)cc2)C(=O)C13. The second kappa shape index (κ2) is 12.3. The molecule has 9 heteroatoms. The first-order valence-electron chi connectivity index (χ1n) is 16.2. The Morgan fingerprint density at radius 3 is 2.22 bits per heavy atom. The largest absolute Gasteiger partial charge is 0.394 e. The quantitative estimate of drug-likeness (QED) is 0.412. The number of hydrogen-bond acceptors (Lipinski definition) is 6. The van der Waals surface area contributed by atoms with Crippen molar-refractivity contribution >= 4 is 40.9 Å². The lowest BCUT2D eigenvalue weighted by Crippen LogP contribution is -2.56. The highest BCUT2D eigenvalue weighted by Gasteiger charge is 2.74. The van der Waals surface area contributed by atoms with Gasteiger partial charge in [0.1, 0.15) is 6.04 Å². The summed E-state index contributed by atoms with van der Waals surface area (Å²) in [6.07, 6.45) is 8.66. The van der Waals surface area contributed by atoms with E-state index >= 15 is 0 Å². The summed E-state index contributed by atoms with van der Waals surface area (Å²) in [4.78, 5) is 51.5. The summed E-state index contributed by atoms with van der Waals surface area (Å²) in [6, 6.07) is 16.5. The minimum Gasteiger partial charge on any atom is -0.394 e. The minimum atomic E-state index is -0.957. The number of carbonyl (C=O) groups excluding carboxylic acids is 3. The zero-order valence-electron chi connectivity index (χ0n) is 26.6. The Bertz CT molecular complexity index is 1490. The maximum Gasteiger partial charge on any atom is 0.251 e. The molecular formula is C36H44N4O4S. The van der Waals surface area contributed by atoms with Gasteiger partial charge in [0, 0.05) is 48.8 Å². The number of fused-ring (bicyclic) bond motifs is 2. The lowest BCUT2D eigenvalue weighted by Gasteiger charge is -2.39. The van der Waals surface area contributed by atoms with Crippen molar-refractivity contribution in [3.8, 4) is 0 Å². The Morgan fingerprint density at radius 2 is 1.58 bits per heavy atom. The van der Waals surface area contributed by atoms with Gasteiger partial charge in [-0.1, -0.05) is 61.6 Å². The van der Waals surface area contributed by atoms with Gasteiger partial charge in [0.05, 0.1) is 29.2 Å². The fourth-order valence-electron chi connectivity index (χ4n) is 7.93. The van der Waals surface area contributed by atoms with E-state index in [4.69, 9.17) is 0 Å². The van der Waals surface area contributed by atoms with E-state index in [1.807, 2.05) is 91.6 Å². The molecule has 1 N–H and O–H groups in total. The van der Waals surface area contributed by atoms with E-state index in [0.29, 0.717) is 26.1 Å². The van der Waals surface area contributed by atoms with Crippen LogP contribution in [0.2, 0.25) is 0 Å². The van der Waals surface area contributed by atoms with E-state index in [2.05, 4.69) is 24.8 Å². The Labute approximate surface area is 270 Å². The summed E-state index contributed by atoms with van der Waals surface area (Å²) >= 11 is 1.58. The number of rotatable bonds is 9. The number of benzene rings is 2. The summed E-state index contributed by atoms with van der Waals surface area (Å²) in [5, 5.41) is 10.5. The van der Waals surface area contributed by atoms with Crippen LogP contribution >= 0.6 is 11.8 Å². The number of anilines is 2. The van der Waals surface area contributed by atoms with Crippen LogP contribution in [-0.2, 0) is 20.9 Å². The van der Waals surface area contributed by atoms with E-state index in [-0.39, 0.29) is 24.3 Å². The fraction of sp³-hybridized carbons (Fsp3) is 0.472. The molecule has 0 aliphatic carbocycles. The number of amides is 3. The van der Waals surface area contributed by atoms with Crippen LogP contribution in [0, 0.1) is 11.8 Å². The molecule has 0 bridgehead atoms. The van der Waals surface area contributed by atoms with Gasteiger partial charge in [-0.15, -0.1) is 11.8 Å². The maximum atomic E-state index is 14.8. The molecule has 8 nitrogen and oxygen atoms in total. The molecular weight excluding hydrogens is 584 g/mol. The van der Waals surface area contributed by atoms with E-state index in [9.17, 15) is 19.5 Å². The number of nitrogens with zero attached hydrogens (tertiary/aromatic N) is 4. The van der Waals surface area contributed by atoms with Gasteiger partial charge in [-0.25, -0.2) is 0 Å². The molecule has 2 aromatic carbocycles. The molecule has 2 saturated heterocycles. The molecule has 0 aromatic heterocycles. The second-order valence-corrected chi connectivity index (χ2v) is 14.4. The van der Waals surface area contributed by atoms with Crippen molar-refractivity contribution in [2.75, 3.05) is 42.6 Å². The average Bonchev–Trinajstić information content (AvgIpc) is 3.32. The Morgan fingerprint density at radius 1 is 0.889 bits per heavy atom. The molecule has 6 rings (SSSR count). The Kier molecular flexibility index (Phi) is 8.61. The Hall–Kier alpha value is -3.56.